The fourth-order valence-electron chi connectivity index (χ4n) is 4.01. The molecule has 0 spiro atoms. The number of carbonyl (C=O) groups excluding carboxylic acids is 2. The Hall–Kier alpha value is -3.87. The summed E-state index contributed by atoms with van der Waals surface area (Å²) in [6.07, 6.45) is 4.00. The molecule has 0 unspecified atom stereocenters. The highest BCUT2D eigenvalue weighted by Crippen LogP contribution is 2.32. The van der Waals surface area contributed by atoms with Crippen LogP contribution < -0.4 is 19.7 Å². The van der Waals surface area contributed by atoms with Crippen molar-refractivity contribution in [2.24, 2.45) is 0 Å². The molecule has 5 rings (SSSR count). The molecule has 0 radical (unpaired) electrons. The third-order valence-corrected chi connectivity index (χ3v) is 5.66. The Balaban J connectivity index is 1.35. The molecule has 7 nitrogen and oxygen atoms in total. The Bertz CT molecular complexity index is 1150. The van der Waals surface area contributed by atoms with Gasteiger partial charge in [0.05, 0.1) is 17.4 Å². The Kier molecular flexibility index (Phi) is 5.46. The van der Waals surface area contributed by atoms with E-state index in [4.69, 9.17) is 9.47 Å². The van der Waals surface area contributed by atoms with Gasteiger partial charge in [0.15, 0.2) is 17.3 Å². The van der Waals surface area contributed by atoms with Crippen LogP contribution in [0, 0.1) is 0 Å². The second-order valence-electron chi connectivity index (χ2n) is 7.79. The summed E-state index contributed by atoms with van der Waals surface area (Å²) in [5.74, 6) is 1.45. The molecule has 1 aromatic heterocycles. The van der Waals surface area contributed by atoms with Crippen LogP contribution in [0.3, 0.4) is 0 Å². The lowest BCUT2D eigenvalue weighted by Gasteiger charge is -2.19. The van der Waals surface area contributed by atoms with Gasteiger partial charge in [-0.3, -0.25) is 9.59 Å². The predicted octanol–water partition coefficient (Wildman–Crippen LogP) is 3.94. The van der Waals surface area contributed by atoms with E-state index in [9.17, 15) is 9.59 Å². The zero-order valence-electron chi connectivity index (χ0n) is 17.5. The number of fused-ring (bicyclic) bond motifs is 1. The SMILES string of the molecule is O=C(Nc1ccc(N2CCCC2)nc1)c1ccccc1C(=O)c1ccc2c(c1)OCCO2. The van der Waals surface area contributed by atoms with E-state index in [-0.39, 0.29) is 11.7 Å². The van der Waals surface area contributed by atoms with Gasteiger partial charge in [0.25, 0.3) is 5.91 Å². The molecule has 162 valence electrons. The first-order chi connectivity index (χ1) is 15.7. The van der Waals surface area contributed by atoms with Crippen LogP contribution in [-0.4, -0.2) is 43.0 Å². The molecule has 1 saturated heterocycles. The maximum atomic E-state index is 13.2. The molecule has 2 aliphatic heterocycles. The van der Waals surface area contributed by atoms with Gasteiger partial charge in [0.1, 0.15) is 19.0 Å². The number of carbonyl (C=O) groups is 2. The second kappa shape index (κ2) is 8.70. The summed E-state index contributed by atoms with van der Waals surface area (Å²) in [4.78, 5) is 32.9. The van der Waals surface area contributed by atoms with Gasteiger partial charge in [-0.2, -0.15) is 0 Å². The summed E-state index contributed by atoms with van der Waals surface area (Å²) in [6.45, 7) is 2.94. The Morgan fingerprint density at radius 1 is 0.875 bits per heavy atom. The van der Waals surface area contributed by atoms with Gasteiger partial charge >= 0.3 is 0 Å². The number of rotatable bonds is 5. The molecule has 7 heteroatoms. The van der Waals surface area contributed by atoms with E-state index in [2.05, 4.69) is 15.2 Å². The number of nitrogens with one attached hydrogen (secondary N) is 1. The van der Waals surface area contributed by atoms with E-state index in [1.165, 1.54) is 12.8 Å². The molecule has 0 atom stereocenters. The van der Waals surface area contributed by atoms with Gasteiger partial charge < -0.3 is 19.7 Å². The van der Waals surface area contributed by atoms with Crippen LogP contribution in [-0.2, 0) is 0 Å². The van der Waals surface area contributed by atoms with Gasteiger partial charge in [-0.25, -0.2) is 4.98 Å². The van der Waals surface area contributed by atoms with E-state index in [1.807, 2.05) is 12.1 Å². The highest BCUT2D eigenvalue weighted by Gasteiger charge is 2.21. The number of amides is 1. The normalized spacial score (nSPS) is 14.8. The standard InChI is InChI=1S/C25H23N3O4/c29-24(17-7-9-21-22(15-17)32-14-13-31-21)19-5-1-2-6-20(19)25(30)27-18-8-10-23(26-16-18)28-11-3-4-12-28/h1-2,5-10,15-16H,3-4,11-14H2,(H,27,30). The van der Waals surface area contributed by atoms with E-state index in [0.29, 0.717) is 47.1 Å². The maximum absolute atomic E-state index is 13.2. The lowest BCUT2D eigenvalue weighted by Crippen LogP contribution is -2.20. The van der Waals surface area contributed by atoms with Crippen molar-refractivity contribution in [3.05, 3.63) is 77.5 Å². The van der Waals surface area contributed by atoms with E-state index in [0.717, 1.165) is 18.9 Å². The molecule has 2 aromatic carbocycles. The average Bonchev–Trinajstić information content (AvgIpc) is 3.39. The lowest BCUT2D eigenvalue weighted by molar-refractivity contribution is 0.0996. The van der Waals surface area contributed by atoms with Crippen molar-refractivity contribution in [3.63, 3.8) is 0 Å². The Morgan fingerprint density at radius 2 is 1.62 bits per heavy atom. The number of aromatic nitrogens is 1. The Morgan fingerprint density at radius 3 is 2.38 bits per heavy atom. The number of anilines is 2. The van der Waals surface area contributed by atoms with Crippen LogP contribution in [0.4, 0.5) is 11.5 Å². The summed E-state index contributed by atoms with van der Waals surface area (Å²) in [5, 5.41) is 2.86. The summed E-state index contributed by atoms with van der Waals surface area (Å²) in [5.41, 5.74) is 1.64. The average molecular weight is 429 g/mol. The summed E-state index contributed by atoms with van der Waals surface area (Å²) < 4.78 is 11.1. The number of ketones is 1. The van der Waals surface area contributed by atoms with Gasteiger partial charge in [-0.05, 0) is 49.2 Å². The van der Waals surface area contributed by atoms with Crippen LogP contribution in [0.15, 0.2) is 60.8 Å². The number of ether oxygens (including phenoxy) is 2. The monoisotopic (exact) mass is 429 g/mol. The third-order valence-electron chi connectivity index (χ3n) is 5.66. The minimum Gasteiger partial charge on any atom is -0.486 e. The summed E-state index contributed by atoms with van der Waals surface area (Å²) >= 11 is 0. The van der Waals surface area contributed by atoms with Crippen LogP contribution in [0.5, 0.6) is 11.5 Å². The van der Waals surface area contributed by atoms with Crippen LogP contribution in [0.1, 0.15) is 39.1 Å². The fourth-order valence-corrected chi connectivity index (χ4v) is 4.01. The van der Waals surface area contributed by atoms with Crippen molar-refractivity contribution in [2.75, 3.05) is 36.5 Å². The minimum absolute atomic E-state index is 0.254. The van der Waals surface area contributed by atoms with Gasteiger partial charge in [0, 0.05) is 24.2 Å². The smallest absolute Gasteiger partial charge is 0.256 e. The largest absolute Gasteiger partial charge is 0.486 e. The highest BCUT2D eigenvalue weighted by atomic mass is 16.6. The number of benzene rings is 2. The first-order valence-electron chi connectivity index (χ1n) is 10.7. The quantitative estimate of drug-likeness (QED) is 0.619. The molecular weight excluding hydrogens is 406 g/mol. The number of hydrogen-bond donors (Lipinski definition) is 1. The van der Waals surface area contributed by atoms with Crippen molar-refractivity contribution >= 4 is 23.2 Å². The maximum Gasteiger partial charge on any atom is 0.256 e. The first-order valence-corrected chi connectivity index (χ1v) is 10.7. The number of nitrogens with zero attached hydrogens (tertiary/aromatic N) is 2. The molecule has 1 fully saturated rings. The molecule has 2 aliphatic rings. The van der Waals surface area contributed by atoms with Crippen LogP contribution in [0.25, 0.3) is 0 Å². The number of hydrogen-bond acceptors (Lipinski definition) is 6. The summed E-state index contributed by atoms with van der Waals surface area (Å²) in [7, 11) is 0. The molecule has 1 N–H and O–H groups in total. The van der Waals surface area contributed by atoms with E-state index < -0.39 is 0 Å². The molecule has 3 aromatic rings. The second-order valence-corrected chi connectivity index (χ2v) is 7.79. The highest BCUT2D eigenvalue weighted by molar-refractivity contribution is 6.17. The fraction of sp³-hybridized carbons (Fsp3) is 0.240. The van der Waals surface area contributed by atoms with Crippen LogP contribution >= 0.6 is 0 Å². The van der Waals surface area contributed by atoms with Crippen LogP contribution in [0.2, 0.25) is 0 Å². The third kappa shape index (κ3) is 4.01. The topological polar surface area (TPSA) is 80.8 Å². The van der Waals surface area contributed by atoms with Crippen molar-refractivity contribution in [2.45, 2.75) is 12.8 Å². The molecule has 32 heavy (non-hydrogen) atoms. The minimum atomic E-state index is -0.359. The summed E-state index contributed by atoms with van der Waals surface area (Å²) in [6, 6.07) is 15.6. The lowest BCUT2D eigenvalue weighted by atomic mass is 9.97. The van der Waals surface area contributed by atoms with Crippen molar-refractivity contribution in [1.29, 1.82) is 0 Å². The molecule has 1 amide bonds. The van der Waals surface area contributed by atoms with Gasteiger partial charge in [0.2, 0.25) is 0 Å². The van der Waals surface area contributed by atoms with E-state index in [1.54, 1.807) is 48.7 Å². The predicted molar refractivity (Wildman–Crippen MR) is 121 cm³/mol. The van der Waals surface area contributed by atoms with Gasteiger partial charge in [-0.15, -0.1) is 0 Å². The van der Waals surface area contributed by atoms with Crippen molar-refractivity contribution < 1.29 is 19.1 Å². The van der Waals surface area contributed by atoms with Crippen molar-refractivity contribution in [1.82, 2.24) is 4.98 Å². The number of pyridine rings is 1. The molecule has 0 bridgehead atoms. The Labute approximate surface area is 186 Å². The van der Waals surface area contributed by atoms with Gasteiger partial charge in [-0.1, -0.05) is 18.2 Å². The van der Waals surface area contributed by atoms with E-state index >= 15 is 0 Å². The molecular formula is C25H23N3O4. The van der Waals surface area contributed by atoms with Crippen molar-refractivity contribution in [3.8, 4) is 11.5 Å². The first kappa shape index (κ1) is 20.1. The molecule has 0 saturated carbocycles. The molecule has 3 heterocycles. The zero-order chi connectivity index (χ0) is 21.9. The molecule has 0 aliphatic carbocycles. The zero-order valence-corrected chi connectivity index (χ0v) is 17.5.